The Hall–Kier alpha value is -1.99. The molecule has 0 aromatic heterocycles. The normalized spacial score (nSPS) is 15.7. The molecule has 1 aromatic carbocycles. The summed E-state index contributed by atoms with van der Waals surface area (Å²) >= 11 is 10.3. The van der Waals surface area contributed by atoms with E-state index in [1.54, 1.807) is 24.3 Å². The summed E-state index contributed by atoms with van der Waals surface area (Å²) in [6.45, 7) is 0. The summed E-state index contributed by atoms with van der Waals surface area (Å²) in [5, 5.41) is 7.29. The fourth-order valence-corrected chi connectivity index (χ4v) is 1.83. The molecule has 0 unspecified atom stereocenters. The number of carbonyl (C=O) groups is 3. The minimum Gasteiger partial charge on any atom is -0.325 e. The Labute approximate surface area is 118 Å². The van der Waals surface area contributed by atoms with Crippen LogP contribution in [0, 0.1) is 5.92 Å². The van der Waals surface area contributed by atoms with E-state index in [9.17, 15) is 14.4 Å². The van der Waals surface area contributed by atoms with Crippen LogP contribution in [0.3, 0.4) is 0 Å². The van der Waals surface area contributed by atoms with Gasteiger partial charge in [0.15, 0.2) is 11.0 Å². The first-order chi connectivity index (χ1) is 8.97. The topological polar surface area (TPSA) is 87.3 Å². The van der Waals surface area contributed by atoms with Gasteiger partial charge in [0.05, 0.1) is 0 Å². The molecule has 0 atom stereocenters. The smallest absolute Gasteiger partial charge is 0.248 e. The SMILES string of the molecule is O=C1NC(=S)NC(=O)C1C(=O)Nc1ccc(Cl)cc1. The highest BCUT2D eigenvalue weighted by molar-refractivity contribution is 7.80. The zero-order valence-corrected chi connectivity index (χ0v) is 11.0. The van der Waals surface area contributed by atoms with Crippen LogP contribution in [0.25, 0.3) is 0 Å². The van der Waals surface area contributed by atoms with Gasteiger partial charge in [-0.3, -0.25) is 14.4 Å². The Morgan fingerprint density at radius 1 is 1.16 bits per heavy atom. The van der Waals surface area contributed by atoms with Gasteiger partial charge < -0.3 is 16.0 Å². The lowest BCUT2D eigenvalue weighted by molar-refractivity contribution is -0.140. The van der Waals surface area contributed by atoms with E-state index in [0.717, 1.165) is 0 Å². The molecule has 1 fully saturated rings. The number of hydrogen-bond donors (Lipinski definition) is 3. The average Bonchev–Trinajstić information content (AvgIpc) is 2.30. The number of carbonyl (C=O) groups excluding carboxylic acids is 3. The molecule has 0 spiro atoms. The largest absolute Gasteiger partial charge is 0.325 e. The molecule has 0 aliphatic carbocycles. The molecule has 0 bridgehead atoms. The van der Waals surface area contributed by atoms with E-state index >= 15 is 0 Å². The van der Waals surface area contributed by atoms with Crippen LogP contribution in [-0.4, -0.2) is 22.8 Å². The van der Waals surface area contributed by atoms with Crippen molar-refractivity contribution in [3.63, 3.8) is 0 Å². The van der Waals surface area contributed by atoms with Gasteiger partial charge in [-0.2, -0.15) is 0 Å². The molecular weight excluding hydrogens is 290 g/mol. The van der Waals surface area contributed by atoms with Crippen molar-refractivity contribution < 1.29 is 14.4 Å². The lowest BCUT2D eigenvalue weighted by Crippen LogP contribution is -2.58. The highest BCUT2D eigenvalue weighted by Crippen LogP contribution is 2.15. The van der Waals surface area contributed by atoms with Crippen molar-refractivity contribution in [2.45, 2.75) is 0 Å². The Morgan fingerprint density at radius 2 is 1.68 bits per heavy atom. The number of thiocarbonyl (C=S) groups is 1. The molecule has 0 radical (unpaired) electrons. The fraction of sp³-hybridized carbons (Fsp3) is 0.0909. The maximum atomic E-state index is 11.9. The number of rotatable bonds is 2. The summed E-state index contributed by atoms with van der Waals surface area (Å²) in [6, 6.07) is 6.27. The van der Waals surface area contributed by atoms with Gasteiger partial charge in [0, 0.05) is 10.7 Å². The standard InChI is InChI=1S/C11H8ClN3O3S/c12-5-1-3-6(4-2-5)13-8(16)7-9(17)14-11(19)15-10(7)18/h1-4,7H,(H,13,16)(H2,14,15,17,18,19). The summed E-state index contributed by atoms with van der Waals surface area (Å²) in [6.07, 6.45) is 0. The van der Waals surface area contributed by atoms with Gasteiger partial charge >= 0.3 is 0 Å². The van der Waals surface area contributed by atoms with Gasteiger partial charge in [0.1, 0.15) is 0 Å². The fourth-order valence-electron chi connectivity index (χ4n) is 1.50. The second-order valence-electron chi connectivity index (χ2n) is 3.74. The monoisotopic (exact) mass is 297 g/mol. The molecule has 1 aliphatic heterocycles. The minimum atomic E-state index is -1.47. The number of hydrogen-bond acceptors (Lipinski definition) is 4. The average molecular weight is 298 g/mol. The van der Waals surface area contributed by atoms with Crippen LogP contribution in [0.5, 0.6) is 0 Å². The van der Waals surface area contributed by atoms with E-state index in [0.29, 0.717) is 10.7 Å². The Morgan fingerprint density at radius 3 is 2.21 bits per heavy atom. The van der Waals surface area contributed by atoms with Crippen LogP contribution in [0.4, 0.5) is 5.69 Å². The highest BCUT2D eigenvalue weighted by Gasteiger charge is 2.38. The second kappa shape index (κ2) is 5.33. The molecule has 0 saturated carbocycles. The third kappa shape index (κ3) is 3.07. The summed E-state index contributed by atoms with van der Waals surface area (Å²) in [7, 11) is 0. The van der Waals surface area contributed by atoms with Crippen molar-refractivity contribution in [1.29, 1.82) is 0 Å². The molecule has 2 rings (SSSR count). The van der Waals surface area contributed by atoms with Gasteiger partial charge in [0.25, 0.3) is 0 Å². The zero-order valence-electron chi connectivity index (χ0n) is 9.40. The molecule has 3 amide bonds. The van der Waals surface area contributed by atoms with Crippen molar-refractivity contribution in [1.82, 2.24) is 10.6 Å². The van der Waals surface area contributed by atoms with E-state index in [1.165, 1.54) is 0 Å². The van der Waals surface area contributed by atoms with Crippen molar-refractivity contribution in [3.05, 3.63) is 29.3 Å². The predicted octanol–water partition coefficient (Wildman–Crippen LogP) is 0.426. The van der Waals surface area contributed by atoms with Crippen molar-refractivity contribution in [2.75, 3.05) is 5.32 Å². The summed E-state index contributed by atoms with van der Waals surface area (Å²) < 4.78 is 0. The van der Waals surface area contributed by atoms with Gasteiger partial charge in [-0.25, -0.2) is 0 Å². The van der Waals surface area contributed by atoms with Crippen molar-refractivity contribution >= 4 is 52.3 Å². The van der Waals surface area contributed by atoms with E-state index in [2.05, 4.69) is 28.2 Å². The third-order valence-corrected chi connectivity index (χ3v) is 2.83. The molecule has 1 heterocycles. The van der Waals surface area contributed by atoms with Gasteiger partial charge in [-0.05, 0) is 36.5 Å². The van der Waals surface area contributed by atoms with E-state index in [1.807, 2.05) is 0 Å². The lowest BCUT2D eigenvalue weighted by atomic mass is 10.1. The maximum Gasteiger partial charge on any atom is 0.248 e. The number of nitrogens with one attached hydrogen (secondary N) is 3. The van der Waals surface area contributed by atoms with Crippen LogP contribution in [0.15, 0.2) is 24.3 Å². The number of halogens is 1. The van der Waals surface area contributed by atoms with Gasteiger partial charge in [-0.1, -0.05) is 11.6 Å². The van der Waals surface area contributed by atoms with Crippen molar-refractivity contribution in [2.24, 2.45) is 5.92 Å². The zero-order chi connectivity index (χ0) is 14.0. The Bertz CT molecular complexity index is 553. The third-order valence-electron chi connectivity index (χ3n) is 2.37. The first-order valence-corrected chi connectivity index (χ1v) is 5.98. The van der Waals surface area contributed by atoms with E-state index in [4.69, 9.17) is 11.6 Å². The quantitative estimate of drug-likeness (QED) is 0.545. The molecule has 3 N–H and O–H groups in total. The number of benzene rings is 1. The van der Waals surface area contributed by atoms with Gasteiger partial charge in [0.2, 0.25) is 17.7 Å². The molecular formula is C11H8ClN3O3S. The van der Waals surface area contributed by atoms with Crippen molar-refractivity contribution in [3.8, 4) is 0 Å². The Kier molecular flexibility index (Phi) is 3.77. The molecule has 6 nitrogen and oxygen atoms in total. The highest BCUT2D eigenvalue weighted by atomic mass is 35.5. The molecule has 98 valence electrons. The van der Waals surface area contributed by atoms with Crippen LogP contribution < -0.4 is 16.0 Å². The van der Waals surface area contributed by atoms with Crippen LogP contribution in [-0.2, 0) is 14.4 Å². The molecule has 1 aromatic rings. The minimum absolute atomic E-state index is 0.106. The molecule has 1 saturated heterocycles. The number of amides is 3. The first kappa shape index (κ1) is 13.4. The summed E-state index contributed by atoms with van der Waals surface area (Å²) in [5.41, 5.74) is 0.433. The lowest BCUT2D eigenvalue weighted by Gasteiger charge is -2.21. The Balaban J connectivity index is 2.11. The van der Waals surface area contributed by atoms with E-state index < -0.39 is 23.6 Å². The van der Waals surface area contributed by atoms with Gasteiger partial charge in [-0.15, -0.1) is 0 Å². The maximum absolute atomic E-state index is 11.9. The second-order valence-corrected chi connectivity index (χ2v) is 4.58. The van der Waals surface area contributed by atoms with Crippen LogP contribution in [0.1, 0.15) is 0 Å². The molecule has 19 heavy (non-hydrogen) atoms. The van der Waals surface area contributed by atoms with Crippen LogP contribution in [0.2, 0.25) is 5.02 Å². The molecule has 1 aliphatic rings. The predicted molar refractivity (Wildman–Crippen MR) is 72.5 cm³/mol. The summed E-state index contributed by atoms with van der Waals surface area (Å²) in [5.74, 6) is -3.71. The molecule has 8 heteroatoms. The number of anilines is 1. The first-order valence-electron chi connectivity index (χ1n) is 5.19. The summed E-state index contributed by atoms with van der Waals surface area (Å²) in [4.78, 5) is 35.0. The van der Waals surface area contributed by atoms with E-state index in [-0.39, 0.29) is 5.11 Å². The van der Waals surface area contributed by atoms with Crippen LogP contribution >= 0.6 is 23.8 Å².